The van der Waals surface area contributed by atoms with E-state index in [-0.39, 0.29) is 0 Å². The summed E-state index contributed by atoms with van der Waals surface area (Å²) in [6.45, 7) is 9.01. The van der Waals surface area contributed by atoms with Gasteiger partial charge < -0.3 is 0 Å². The molecule has 1 heterocycles. The van der Waals surface area contributed by atoms with Crippen molar-refractivity contribution in [1.29, 1.82) is 0 Å². The molecule has 0 N–H and O–H groups in total. The van der Waals surface area contributed by atoms with E-state index in [2.05, 4.69) is 88.2 Å². The second-order valence-electron chi connectivity index (χ2n) is 4.21. The molecule has 0 aromatic carbocycles. The smallest absolute Gasteiger partial charge is 0.0638 e. The minimum atomic E-state index is 0.429. The van der Waals surface area contributed by atoms with Crippen LogP contribution in [0.25, 0.3) is 0 Å². The summed E-state index contributed by atoms with van der Waals surface area (Å²) in [4.78, 5) is 0. The lowest BCUT2D eigenvalue weighted by molar-refractivity contribution is 1.04. The Kier molecular flexibility index (Phi) is 9.73. The minimum absolute atomic E-state index is 0.429. The van der Waals surface area contributed by atoms with Crippen LogP contribution in [0, 0.1) is 0 Å². The zero-order chi connectivity index (χ0) is 13.7. The number of hydrogen-bond donors (Lipinski definition) is 2. The maximum atomic E-state index is 4.49. The van der Waals surface area contributed by atoms with E-state index in [9.17, 15) is 0 Å². The average molecular weight is 379 g/mol. The van der Waals surface area contributed by atoms with Gasteiger partial charge in [0, 0.05) is 24.7 Å². The predicted octanol–water partition coefficient (Wildman–Crippen LogP) is 5.60. The monoisotopic (exact) mass is 378 g/mol. The first-order chi connectivity index (χ1) is 8.40. The van der Waals surface area contributed by atoms with Crippen molar-refractivity contribution in [2.24, 2.45) is 0 Å². The quantitative estimate of drug-likeness (QED) is 0.454. The van der Waals surface area contributed by atoms with Gasteiger partial charge in [-0.05, 0) is 13.8 Å². The van der Waals surface area contributed by atoms with Gasteiger partial charge in [-0.25, -0.2) is 0 Å². The lowest BCUT2D eigenvalue weighted by atomic mass is 10.5. The second kappa shape index (κ2) is 9.46. The van der Waals surface area contributed by atoms with Crippen molar-refractivity contribution in [2.45, 2.75) is 56.5 Å². The molecule has 1 fully saturated rings. The summed E-state index contributed by atoms with van der Waals surface area (Å²) in [5, 5.41) is 2.56. The normalized spacial score (nSPS) is 31.7. The van der Waals surface area contributed by atoms with Gasteiger partial charge in [0.05, 0.1) is 9.16 Å². The van der Waals surface area contributed by atoms with Crippen LogP contribution in [0.5, 0.6) is 0 Å². The molecule has 6 atom stereocenters. The van der Waals surface area contributed by atoms with Gasteiger partial charge in [0.1, 0.15) is 0 Å². The lowest BCUT2D eigenvalue weighted by Crippen LogP contribution is -2.26. The molecule has 7 heteroatoms. The van der Waals surface area contributed by atoms with Gasteiger partial charge in [0.15, 0.2) is 0 Å². The highest BCUT2D eigenvalue weighted by molar-refractivity contribution is 8.34. The highest BCUT2D eigenvalue weighted by Gasteiger charge is 2.32. The number of hydrogen-bond acceptors (Lipinski definition) is 7. The number of thiol groups is 2. The largest absolute Gasteiger partial charge is 0.165 e. The summed E-state index contributed by atoms with van der Waals surface area (Å²) in [6, 6.07) is 0. The fourth-order valence-electron chi connectivity index (χ4n) is 1.63. The molecule has 108 valence electrons. The highest BCUT2D eigenvalue weighted by Crippen LogP contribution is 2.49. The van der Waals surface area contributed by atoms with Crippen LogP contribution < -0.4 is 0 Å². The van der Waals surface area contributed by atoms with Crippen LogP contribution in [-0.4, -0.2) is 33.9 Å². The first-order valence-corrected chi connectivity index (χ1v) is 11.9. The van der Waals surface area contributed by atoms with Gasteiger partial charge >= 0.3 is 0 Å². The van der Waals surface area contributed by atoms with E-state index in [1.54, 1.807) is 0 Å². The van der Waals surface area contributed by atoms with Crippen LogP contribution in [0.15, 0.2) is 0 Å². The molecule has 0 aliphatic carbocycles. The summed E-state index contributed by atoms with van der Waals surface area (Å²) in [5.74, 6) is 0. The molecule has 1 saturated heterocycles. The van der Waals surface area contributed by atoms with Crippen molar-refractivity contribution in [3.63, 3.8) is 0 Å². The van der Waals surface area contributed by atoms with Crippen molar-refractivity contribution in [3.8, 4) is 0 Å². The van der Waals surface area contributed by atoms with E-state index in [1.165, 1.54) is 5.08 Å². The summed E-state index contributed by atoms with van der Waals surface area (Å²) in [7, 11) is 0. The predicted molar refractivity (Wildman–Crippen MR) is 106 cm³/mol. The topological polar surface area (TPSA) is 0 Å². The third-order valence-corrected chi connectivity index (χ3v) is 11.3. The van der Waals surface area contributed by atoms with Crippen LogP contribution in [0.4, 0.5) is 0 Å². The Hall–Kier alpha value is 2.45. The Balaban J connectivity index is 2.44. The third kappa shape index (κ3) is 6.94. The molecule has 1 aliphatic rings. The SMILES string of the molecule is CC(S)SC(C)C1SCSC(C(C)SC(C)S)S1. The molecule has 1 rings (SSSR count). The molecule has 18 heavy (non-hydrogen) atoms. The van der Waals surface area contributed by atoms with Crippen LogP contribution in [-0.2, 0) is 0 Å². The Morgan fingerprint density at radius 1 is 0.889 bits per heavy atom. The van der Waals surface area contributed by atoms with E-state index in [4.69, 9.17) is 0 Å². The third-order valence-electron chi connectivity index (χ3n) is 2.32. The second-order valence-corrected chi connectivity index (χ2v) is 14.4. The Labute approximate surface area is 144 Å². The van der Waals surface area contributed by atoms with Crippen molar-refractivity contribution in [3.05, 3.63) is 0 Å². The molecule has 0 aromatic heterocycles. The molecule has 0 aromatic rings. The fraction of sp³-hybridized carbons (Fsp3) is 1.00. The van der Waals surface area contributed by atoms with Gasteiger partial charge in [-0.1, -0.05) is 13.8 Å². The molecule has 0 nitrogen and oxygen atoms in total. The standard InChI is InChI=1S/C11H22S7/c1-6(16-8(3)12)10-14-5-15-11(18-10)7(2)17-9(4)13/h6-13H,5H2,1-4H3. The van der Waals surface area contributed by atoms with Crippen molar-refractivity contribution >= 4 is 84.1 Å². The van der Waals surface area contributed by atoms with Gasteiger partial charge in [-0.2, -0.15) is 25.3 Å². The maximum absolute atomic E-state index is 4.49. The molecular formula is C11H22S7. The molecule has 0 radical (unpaired) electrons. The maximum Gasteiger partial charge on any atom is 0.0638 e. The van der Waals surface area contributed by atoms with Crippen LogP contribution in [0.1, 0.15) is 27.7 Å². The van der Waals surface area contributed by atoms with E-state index >= 15 is 0 Å². The van der Waals surface area contributed by atoms with Gasteiger partial charge in [0.2, 0.25) is 0 Å². The van der Waals surface area contributed by atoms with Crippen LogP contribution >= 0.6 is 84.1 Å². The van der Waals surface area contributed by atoms with Crippen molar-refractivity contribution in [1.82, 2.24) is 0 Å². The summed E-state index contributed by atoms with van der Waals surface area (Å²) >= 11 is 19.3. The number of rotatable bonds is 6. The summed E-state index contributed by atoms with van der Waals surface area (Å²) in [5.41, 5.74) is 0. The molecule has 0 amide bonds. The fourth-order valence-corrected chi connectivity index (χ4v) is 11.1. The molecule has 1 aliphatic heterocycles. The van der Waals surface area contributed by atoms with Crippen LogP contribution in [0.3, 0.4) is 0 Å². The van der Waals surface area contributed by atoms with Gasteiger partial charge in [0.25, 0.3) is 0 Å². The Bertz CT molecular complexity index is 211. The molecule has 6 unspecified atom stereocenters. The van der Waals surface area contributed by atoms with Crippen molar-refractivity contribution < 1.29 is 0 Å². The zero-order valence-corrected chi connectivity index (χ0v) is 17.0. The van der Waals surface area contributed by atoms with E-state index in [0.29, 0.717) is 28.8 Å². The minimum Gasteiger partial charge on any atom is -0.165 e. The zero-order valence-electron chi connectivity index (χ0n) is 11.1. The Morgan fingerprint density at radius 3 is 1.61 bits per heavy atom. The van der Waals surface area contributed by atoms with E-state index < -0.39 is 0 Å². The first-order valence-electron chi connectivity index (χ1n) is 5.96. The molecule has 0 saturated carbocycles. The highest BCUT2D eigenvalue weighted by atomic mass is 32.3. The Morgan fingerprint density at radius 2 is 1.28 bits per heavy atom. The van der Waals surface area contributed by atoms with E-state index in [0.717, 1.165) is 0 Å². The van der Waals surface area contributed by atoms with Crippen molar-refractivity contribution in [2.75, 3.05) is 5.08 Å². The average Bonchev–Trinajstić information content (AvgIpc) is 2.27. The first kappa shape index (κ1) is 18.5. The van der Waals surface area contributed by atoms with Gasteiger partial charge in [-0.15, -0.1) is 58.8 Å². The summed E-state index contributed by atoms with van der Waals surface area (Å²) < 4.78 is 2.26. The molecular weight excluding hydrogens is 357 g/mol. The molecule has 0 spiro atoms. The lowest BCUT2D eigenvalue weighted by Gasteiger charge is -2.34. The molecule has 0 bridgehead atoms. The van der Waals surface area contributed by atoms with E-state index in [1.807, 2.05) is 23.5 Å². The van der Waals surface area contributed by atoms with Crippen LogP contribution in [0.2, 0.25) is 0 Å². The van der Waals surface area contributed by atoms with Gasteiger partial charge in [-0.3, -0.25) is 0 Å². The number of thioether (sulfide) groups is 5. The summed E-state index contributed by atoms with van der Waals surface area (Å²) in [6.07, 6.45) is 0.